The topological polar surface area (TPSA) is 0 Å². The van der Waals surface area contributed by atoms with Crippen LogP contribution in [0, 0.1) is 0 Å². The lowest BCUT2D eigenvalue weighted by molar-refractivity contribution is 1.63. The van der Waals surface area contributed by atoms with Crippen molar-refractivity contribution in [3.63, 3.8) is 0 Å². The van der Waals surface area contributed by atoms with Gasteiger partial charge in [-0.2, -0.15) is 0 Å². The molecular weight excluding hydrogens is 705 g/mol. The lowest BCUT2D eigenvalue weighted by Gasteiger charge is -2.20. The normalized spacial score (nSPS) is 11.9. The molecule has 0 saturated heterocycles. The minimum absolute atomic E-state index is 1.22. The fourth-order valence-corrected chi connectivity index (χ4v) is 10.6. The third-order valence-electron chi connectivity index (χ3n) is 12.0. The highest BCUT2D eigenvalue weighted by molar-refractivity contribution is 7.26. The Balaban J connectivity index is 1.05. The summed E-state index contributed by atoms with van der Waals surface area (Å²) < 4.78 is 2.69. The van der Waals surface area contributed by atoms with Gasteiger partial charge < -0.3 is 0 Å². The van der Waals surface area contributed by atoms with E-state index in [4.69, 9.17) is 0 Å². The quantitative estimate of drug-likeness (QED) is 0.158. The van der Waals surface area contributed by atoms with Crippen molar-refractivity contribution in [2.45, 2.75) is 0 Å². The van der Waals surface area contributed by atoms with Crippen LogP contribution >= 0.6 is 11.3 Å². The van der Waals surface area contributed by atoms with Crippen molar-refractivity contribution < 1.29 is 0 Å². The molecule has 0 amide bonds. The molecule has 12 aromatic rings. The molecule has 0 radical (unpaired) electrons. The van der Waals surface area contributed by atoms with E-state index in [0.717, 1.165) is 0 Å². The molecule has 12 rings (SSSR count). The minimum Gasteiger partial charge on any atom is -0.135 e. The van der Waals surface area contributed by atoms with Gasteiger partial charge in [0.25, 0.3) is 0 Å². The average Bonchev–Trinajstić information content (AvgIpc) is 3.65. The molecule has 1 heteroatoms. The Morgan fingerprint density at radius 1 is 0.246 bits per heavy atom. The molecule has 0 aliphatic heterocycles. The number of benzene rings is 11. The highest BCUT2D eigenvalue weighted by atomic mass is 32.1. The molecule has 0 aliphatic rings. The molecule has 0 unspecified atom stereocenters. The predicted octanol–water partition coefficient (Wildman–Crippen LogP) is 16.5. The second-order valence-electron chi connectivity index (χ2n) is 15.2. The fourth-order valence-electron chi connectivity index (χ4n) is 9.39. The van der Waals surface area contributed by atoms with Crippen molar-refractivity contribution in [1.82, 2.24) is 0 Å². The van der Waals surface area contributed by atoms with E-state index >= 15 is 0 Å². The maximum atomic E-state index is 2.41. The second-order valence-corrected chi connectivity index (χ2v) is 16.2. The second kappa shape index (κ2) is 12.7. The van der Waals surface area contributed by atoms with E-state index in [9.17, 15) is 0 Å². The largest absolute Gasteiger partial charge is 0.135 e. The van der Waals surface area contributed by atoms with Crippen molar-refractivity contribution in [3.8, 4) is 44.5 Å². The summed E-state index contributed by atoms with van der Waals surface area (Å²) in [7, 11) is 0. The molecule has 1 aromatic heterocycles. The van der Waals surface area contributed by atoms with Gasteiger partial charge in [0.2, 0.25) is 0 Å². The van der Waals surface area contributed by atoms with Crippen molar-refractivity contribution in [2.75, 3.05) is 0 Å². The van der Waals surface area contributed by atoms with Gasteiger partial charge in [-0.25, -0.2) is 0 Å². The van der Waals surface area contributed by atoms with Crippen LogP contribution in [0.1, 0.15) is 0 Å². The van der Waals surface area contributed by atoms with Crippen LogP contribution in [0.2, 0.25) is 0 Å². The molecule has 11 aromatic carbocycles. The summed E-state index contributed by atoms with van der Waals surface area (Å²) >= 11 is 1.91. The molecule has 57 heavy (non-hydrogen) atoms. The number of hydrogen-bond donors (Lipinski definition) is 0. The Labute approximate surface area is 334 Å². The minimum atomic E-state index is 1.22. The summed E-state index contributed by atoms with van der Waals surface area (Å²) in [6.07, 6.45) is 0. The molecule has 0 aliphatic carbocycles. The molecule has 0 saturated carbocycles. The van der Waals surface area contributed by atoms with Crippen LogP contribution < -0.4 is 0 Å². The van der Waals surface area contributed by atoms with Crippen LogP contribution in [0.4, 0.5) is 0 Å². The van der Waals surface area contributed by atoms with Crippen LogP contribution in [-0.4, -0.2) is 0 Å². The summed E-state index contributed by atoms with van der Waals surface area (Å²) in [5.74, 6) is 0. The maximum absolute atomic E-state index is 2.41. The number of thiophene rings is 1. The Bertz CT molecular complexity index is 3510. The predicted molar refractivity (Wildman–Crippen MR) is 249 cm³/mol. The Morgan fingerprint density at radius 2 is 0.789 bits per heavy atom. The first kappa shape index (κ1) is 32.2. The molecule has 0 fully saturated rings. The number of fused-ring (bicyclic) bond motifs is 9. The zero-order valence-electron chi connectivity index (χ0n) is 31.0. The van der Waals surface area contributed by atoms with E-state index in [2.05, 4.69) is 206 Å². The van der Waals surface area contributed by atoms with Crippen LogP contribution in [0.5, 0.6) is 0 Å². The smallest absolute Gasteiger partial charge is 0.0434 e. The summed E-state index contributed by atoms with van der Waals surface area (Å²) in [6, 6.07) is 76.5. The molecular formula is C56H34S. The lowest BCUT2D eigenvalue weighted by atomic mass is 9.83. The number of hydrogen-bond acceptors (Lipinski definition) is 1. The van der Waals surface area contributed by atoms with Crippen molar-refractivity contribution >= 4 is 85.4 Å². The van der Waals surface area contributed by atoms with Crippen LogP contribution in [-0.2, 0) is 0 Å². The highest BCUT2D eigenvalue weighted by Gasteiger charge is 2.19. The molecule has 0 spiro atoms. The third-order valence-corrected chi connectivity index (χ3v) is 13.2. The van der Waals surface area contributed by atoms with E-state index in [0.29, 0.717) is 0 Å². The molecule has 0 nitrogen and oxygen atoms in total. The van der Waals surface area contributed by atoms with E-state index in [1.165, 1.54) is 119 Å². The maximum Gasteiger partial charge on any atom is 0.0434 e. The van der Waals surface area contributed by atoms with Gasteiger partial charge in [0.15, 0.2) is 0 Å². The van der Waals surface area contributed by atoms with Gasteiger partial charge in [-0.1, -0.05) is 182 Å². The van der Waals surface area contributed by atoms with Gasteiger partial charge in [0.05, 0.1) is 0 Å². The van der Waals surface area contributed by atoms with E-state index in [1.807, 2.05) is 11.3 Å². The molecule has 1 heterocycles. The molecule has 0 atom stereocenters. The average molecular weight is 739 g/mol. The lowest BCUT2D eigenvalue weighted by Crippen LogP contribution is -1.92. The van der Waals surface area contributed by atoms with Crippen molar-refractivity contribution in [3.05, 3.63) is 206 Å². The van der Waals surface area contributed by atoms with Crippen LogP contribution in [0.25, 0.3) is 119 Å². The zero-order valence-corrected chi connectivity index (χ0v) is 31.9. The summed E-state index contributed by atoms with van der Waals surface area (Å²) in [6.45, 7) is 0. The first-order valence-corrected chi connectivity index (χ1v) is 20.5. The highest BCUT2D eigenvalue weighted by Crippen LogP contribution is 2.47. The van der Waals surface area contributed by atoms with Gasteiger partial charge >= 0.3 is 0 Å². The molecule has 0 N–H and O–H groups in total. The van der Waals surface area contributed by atoms with E-state index in [-0.39, 0.29) is 0 Å². The Hall–Kier alpha value is -7.06. The first-order chi connectivity index (χ1) is 28.3. The first-order valence-electron chi connectivity index (χ1n) is 19.7. The van der Waals surface area contributed by atoms with Crippen molar-refractivity contribution in [2.24, 2.45) is 0 Å². The van der Waals surface area contributed by atoms with E-state index < -0.39 is 0 Å². The molecule has 0 bridgehead atoms. The van der Waals surface area contributed by atoms with Crippen LogP contribution in [0.3, 0.4) is 0 Å². The van der Waals surface area contributed by atoms with Crippen LogP contribution in [0.15, 0.2) is 206 Å². The van der Waals surface area contributed by atoms with Crippen molar-refractivity contribution in [1.29, 1.82) is 0 Å². The Kier molecular flexibility index (Phi) is 7.20. The summed E-state index contributed by atoms with van der Waals surface area (Å²) in [5, 5.41) is 15.4. The summed E-state index contributed by atoms with van der Waals surface area (Å²) in [5.41, 5.74) is 9.99. The molecule has 264 valence electrons. The van der Waals surface area contributed by atoms with Gasteiger partial charge in [0.1, 0.15) is 0 Å². The SMILES string of the molecule is c1ccc(-c2ccc(-c3c4ccccc4c(-c4cccc(-c5ccc6ccc7c8cc9ccccc9cc8sc7c6c5)c4)c4ccccc34)c3ccccc23)cc1. The van der Waals surface area contributed by atoms with Gasteiger partial charge in [0, 0.05) is 25.6 Å². The monoisotopic (exact) mass is 738 g/mol. The summed E-state index contributed by atoms with van der Waals surface area (Å²) in [4.78, 5) is 0. The number of rotatable bonds is 4. The third kappa shape index (κ3) is 5.06. The standard InChI is InChI=1S/C56H34S/c1-2-13-35(14-3-1)42-29-30-49(44-20-7-6-19-43(42)44)55-47-23-10-8-21-45(47)54(46-22-9-11-24-48(46)55)41-18-12-17-37(31-41)40-26-25-36-27-28-50-52-33-38-15-4-5-16-39(38)34-53(52)57-56(50)51(36)32-40/h1-34H. The van der Waals surface area contributed by atoms with E-state index in [1.54, 1.807) is 0 Å². The Morgan fingerprint density at radius 3 is 1.53 bits per heavy atom. The van der Waals surface area contributed by atoms with Gasteiger partial charge in [-0.15, -0.1) is 11.3 Å². The van der Waals surface area contributed by atoms with Gasteiger partial charge in [-0.05, 0) is 117 Å². The van der Waals surface area contributed by atoms with Gasteiger partial charge in [-0.3, -0.25) is 0 Å². The zero-order chi connectivity index (χ0) is 37.5. The fraction of sp³-hybridized carbons (Fsp3) is 0.